The first-order valence-corrected chi connectivity index (χ1v) is 10.7. The van der Waals surface area contributed by atoms with Crippen LogP contribution in [0.25, 0.3) is 0 Å². The highest BCUT2D eigenvalue weighted by Crippen LogP contribution is 2.24. The van der Waals surface area contributed by atoms with Crippen LogP contribution in [0, 0.1) is 6.92 Å². The van der Waals surface area contributed by atoms with Gasteiger partial charge < -0.3 is 10.2 Å². The molecule has 0 spiro atoms. The number of nitrogens with one attached hydrogen (secondary N) is 1. The second-order valence-corrected chi connectivity index (χ2v) is 7.99. The van der Waals surface area contributed by atoms with Gasteiger partial charge in [-0.1, -0.05) is 66.5 Å². The number of carbonyl (C=O) groups excluding carboxylic acids is 2. The fraction of sp³-hybridized carbons (Fsp3) is 0.261. The molecule has 0 aliphatic rings. The number of benzene rings is 2. The van der Waals surface area contributed by atoms with Crippen LogP contribution in [0.5, 0.6) is 0 Å². The van der Waals surface area contributed by atoms with E-state index in [1.807, 2.05) is 49.4 Å². The van der Waals surface area contributed by atoms with Gasteiger partial charge in [-0.05, 0) is 36.6 Å². The number of hydrogen-bond donors (Lipinski definition) is 1. The monoisotopic (exact) mass is 458 g/mol. The van der Waals surface area contributed by atoms with Crippen molar-refractivity contribution in [3.8, 4) is 0 Å². The van der Waals surface area contributed by atoms with Crippen molar-refractivity contribution < 1.29 is 9.59 Å². The highest BCUT2D eigenvalue weighted by Gasteiger charge is 2.25. The van der Waals surface area contributed by atoms with E-state index in [9.17, 15) is 9.59 Å². The van der Waals surface area contributed by atoms with Gasteiger partial charge in [0.05, 0.1) is 24.3 Å². The molecule has 0 bridgehead atoms. The standard InChI is InChI=1S/C23H24Cl2N4O2/c1-4-16-9-6-8-12-19(16)26-20(30)14-28(3)23(31)21-15(2)27-29(22(21)25)13-17-10-5-7-11-18(17)24/h5-12H,4,13-14H2,1-3H3,(H,26,30). The normalized spacial score (nSPS) is 10.7. The molecule has 31 heavy (non-hydrogen) atoms. The highest BCUT2D eigenvalue weighted by atomic mass is 35.5. The second-order valence-electron chi connectivity index (χ2n) is 7.22. The molecule has 2 aromatic carbocycles. The first-order chi connectivity index (χ1) is 14.8. The van der Waals surface area contributed by atoms with Crippen molar-refractivity contribution in [3.05, 3.63) is 81.1 Å². The van der Waals surface area contributed by atoms with Gasteiger partial charge in [-0.3, -0.25) is 9.59 Å². The first-order valence-electron chi connectivity index (χ1n) is 9.91. The number of para-hydroxylation sites is 1. The smallest absolute Gasteiger partial charge is 0.259 e. The molecule has 162 valence electrons. The van der Waals surface area contributed by atoms with E-state index in [1.54, 1.807) is 20.0 Å². The number of carbonyl (C=O) groups is 2. The quantitative estimate of drug-likeness (QED) is 0.551. The molecule has 3 aromatic rings. The van der Waals surface area contributed by atoms with Crippen LogP contribution in [0.4, 0.5) is 5.69 Å². The molecule has 0 saturated heterocycles. The zero-order chi connectivity index (χ0) is 22.5. The molecule has 0 aliphatic heterocycles. The topological polar surface area (TPSA) is 67.2 Å². The third-order valence-electron chi connectivity index (χ3n) is 4.96. The average Bonchev–Trinajstić information content (AvgIpc) is 3.02. The fourth-order valence-electron chi connectivity index (χ4n) is 3.31. The average molecular weight is 459 g/mol. The largest absolute Gasteiger partial charge is 0.332 e. The Morgan fingerprint density at radius 3 is 2.39 bits per heavy atom. The fourth-order valence-corrected chi connectivity index (χ4v) is 3.82. The van der Waals surface area contributed by atoms with Crippen LogP contribution in [-0.4, -0.2) is 40.1 Å². The van der Waals surface area contributed by atoms with E-state index in [0.29, 0.717) is 17.3 Å². The van der Waals surface area contributed by atoms with Crippen LogP contribution in [0.15, 0.2) is 48.5 Å². The molecule has 1 heterocycles. The summed E-state index contributed by atoms with van der Waals surface area (Å²) in [5, 5.41) is 8.08. The van der Waals surface area contributed by atoms with Gasteiger partial charge in [-0.25, -0.2) is 4.68 Å². The number of rotatable bonds is 7. The van der Waals surface area contributed by atoms with Crippen LogP contribution in [0.2, 0.25) is 10.2 Å². The van der Waals surface area contributed by atoms with Crippen LogP contribution in [-0.2, 0) is 17.8 Å². The van der Waals surface area contributed by atoms with E-state index in [1.165, 1.54) is 9.58 Å². The molecular formula is C23H24Cl2N4O2. The summed E-state index contributed by atoms with van der Waals surface area (Å²) in [6.07, 6.45) is 0.796. The molecular weight excluding hydrogens is 435 g/mol. The summed E-state index contributed by atoms with van der Waals surface area (Å²) in [6.45, 7) is 3.96. The Hall–Kier alpha value is -2.83. The van der Waals surface area contributed by atoms with Crippen molar-refractivity contribution in [1.82, 2.24) is 14.7 Å². The summed E-state index contributed by atoms with van der Waals surface area (Å²) in [4.78, 5) is 26.9. The molecule has 0 fully saturated rings. The van der Waals surface area contributed by atoms with Crippen molar-refractivity contribution in [3.63, 3.8) is 0 Å². The number of aromatic nitrogens is 2. The van der Waals surface area contributed by atoms with E-state index >= 15 is 0 Å². The molecule has 0 aliphatic carbocycles. The van der Waals surface area contributed by atoms with Gasteiger partial charge in [0.1, 0.15) is 5.15 Å². The summed E-state index contributed by atoms with van der Waals surface area (Å²) in [7, 11) is 1.56. The summed E-state index contributed by atoms with van der Waals surface area (Å²) in [5.41, 5.74) is 3.39. The van der Waals surface area contributed by atoms with Crippen molar-refractivity contribution in [2.45, 2.75) is 26.8 Å². The Morgan fingerprint density at radius 1 is 1.06 bits per heavy atom. The number of anilines is 1. The summed E-state index contributed by atoms with van der Waals surface area (Å²) in [6, 6.07) is 15.0. The van der Waals surface area contributed by atoms with E-state index in [-0.39, 0.29) is 29.1 Å². The highest BCUT2D eigenvalue weighted by molar-refractivity contribution is 6.33. The number of aryl methyl sites for hydroxylation is 2. The minimum atomic E-state index is -0.369. The maximum Gasteiger partial charge on any atom is 0.259 e. The lowest BCUT2D eigenvalue weighted by Gasteiger charge is -2.17. The van der Waals surface area contributed by atoms with Gasteiger partial charge in [-0.2, -0.15) is 5.10 Å². The van der Waals surface area contributed by atoms with Gasteiger partial charge in [0.2, 0.25) is 5.91 Å². The molecule has 0 saturated carbocycles. The molecule has 8 heteroatoms. The Balaban J connectivity index is 1.72. The number of nitrogens with zero attached hydrogens (tertiary/aromatic N) is 3. The summed E-state index contributed by atoms with van der Waals surface area (Å²) < 4.78 is 1.54. The van der Waals surface area contributed by atoms with Crippen LogP contribution >= 0.6 is 23.2 Å². The Labute approximate surface area is 191 Å². The number of likely N-dealkylation sites (N-methyl/N-ethyl adjacent to an activating group) is 1. The Kier molecular flexibility index (Phi) is 7.36. The third kappa shape index (κ3) is 5.27. The van der Waals surface area contributed by atoms with Crippen molar-refractivity contribution in [1.29, 1.82) is 0 Å². The first kappa shape index (κ1) is 22.8. The summed E-state index contributed by atoms with van der Waals surface area (Å²) in [5.74, 6) is -0.652. The van der Waals surface area contributed by atoms with Crippen molar-refractivity contribution in [2.75, 3.05) is 18.9 Å². The molecule has 0 atom stereocenters. The SMILES string of the molecule is CCc1ccccc1NC(=O)CN(C)C(=O)c1c(C)nn(Cc2ccccc2Cl)c1Cl. The van der Waals surface area contributed by atoms with E-state index in [2.05, 4.69) is 10.4 Å². The predicted molar refractivity (Wildman–Crippen MR) is 124 cm³/mol. The molecule has 0 unspecified atom stereocenters. The van der Waals surface area contributed by atoms with Gasteiger partial charge >= 0.3 is 0 Å². The lowest BCUT2D eigenvalue weighted by molar-refractivity contribution is -0.116. The molecule has 1 aromatic heterocycles. The van der Waals surface area contributed by atoms with Gasteiger partial charge in [-0.15, -0.1) is 0 Å². The van der Waals surface area contributed by atoms with E-state index in [4.69, 9.17) is 23.2 Å². The maximum absolute atomic E-state index is 13.0. The van der Waals surface area contributed by atoms with Crippen molar-refractivity contribution in [2.24, 2.45) is 0 Å². The minimum Gasteiger partial charge on any atom is -0.332 e. The lowest BCUT2D eigenvalue weighted by atomic mass is 10.1. The summed E-state index contributed by atoms with van der Waals surface area (Å²) >= 11 is 12.7. The van der Waals surface area contributed by atoms with Gasteiger partial charge in [0, 0.05) is 17.8 Å². The Morgan fingerprint density at radius 2 is 1.71 bits per heavy atom. The van der Waals surface area contributed by atoms with E-state index in [0.717, 1.165) is 23.2 Å². The molecule has 6 nitrogen and oxygen atoms in total. The second kappa shape index (κ2) is 9.98. The molecule has 2 amide bonds. The third-order valence-corrected chi connectivity index (χ3v) is 5.71. The minimum absolute atomic E-state index is 0.109. The zero-order valence-electron chi connectivity index (χ0n) is 17.7. The lowest BCUT2D eigenvalue weighted by Crippen LogP contribution is -2.35. The maximum atomic E-state index is 13.0. The van der Waals surface area contributed by atoms with Crippen LogP contribution in [0.3, 0.4) is 0 Å². The van der Waals surface area contributed by atoms with Crippen LogP contribution < -0.4 is 5.32 Å². The van der Waals surface area contributed by atoms with E-state index < -0.39 is 0 Å². The molecule has 0 radical (unpaired) electrons. The van der Waals surface area contributed by atoms with Crippen LogP contribution in [0.1, 0.15) is 34.1 Å². The zero-order valence-corrected chi connectivity index (χ0v) is 19.2. The van der Waals surface area contributed by atoms with Gasteiger partial charge in [0.25, 0.3) is 5.91 Å². The Bertz CT molecular complexity index is 1110. The van der Waals surface area contributed by atoms with Crippen molar-refractivity contribution >= 4 is 40.7 Å². The predicted octanol–water partition coefficient (Wildman–Crippen LogP) is 4.82. The molecule has 1 N–H and O–H groups in total. The number of halogens is 2. The molecule has 3 rings (SSSR count). The number of amides is 2. The van der Waals surface area contributed by atoms with Gasteiger partial charge in [0.15, 0.2) is 0 Å². The number of hydrogen-bond acceptors (Lipinski definition) is 3.